The number of hydrogen-bond donors (Lipinski definition) is 1. The summed E-state index contributed by atoms with van der Waals surface area (Å²) < 4.78 is 4.78. The summed E-state index contributed by atoms with van der Waals surface area (Å²) in [5.74, 6) is -1.32. The summed E-state index contributed by atoms with van der Waals surface area (Å²) in [6.45, 7) is 3.45. The van der Waals surface area contributed by atoms with Gasteiger partial charge in [-0.25, -0.2) is 4.79 Å². The second kappa shape index (κ2) is 7.22. The number of nitro groups is 1. The van der Waals surface area contributed by atoms with E-state index < -0.39 is 23.4 Å². The van der Waals surface area contributed by atoms with Crippen LogP contribution in [0.4, 0.5) is 5.69 Å². The normalized spacial score (nSPS) is 9.90. The van der Waals surface area contributed by atoms with Crippen LogP contribution in [0.3, 0.4) is 0 Å². The van der Waals surface area contributed by atoms with Gasteiger partial charge in [-0.2, -0.15) is 0 Å². The van der Waals surface area contributed by atoms with E-state index in [0.717, 1.165) is 6.42 Å². The SMILES string of the molecule is CCCNC(=O)COC(=O)c1cccc(C)c1[N+](=O)[O-]. The van der Waals surface area contributed by atoms with Crippen molar-refractivity contribution in [2.45, 2.75) is 20.3 Å². The monoisotopic (exact) mass is 280 g/mol. The van der Waals surface area contributed by atoms with Crippen LogP contribution in [0.2, 0.25) is 0 Å². The van der Waals surface area contributed by atoms with Gasteiger partial charge in [-0.3, -0.25) is 14.9 Å². The molecule has 7 nitrogen and oxygen atoms in total. The Bertz CT molecular complexity index is 527. The zero-order chi connectivity index (χ0) is 15.1. The van der Waals surface area contributed by atoms with Crippen LogP contribution in [-0.4, -0.2) is 30.0 Å². The number of carbonyl (C=O) groups is 2. The topological polar surface area (TPSA) is 98.5 Å². The van der Waals surface area contributed by atoms with E-state index >= 15 is 0 Å². The average molecular weight is 280 g/mol. The van der Waals surface area contributed by atoms with Gasteiger partial charge in [-0.15, -0.1) is 0 Å². The average Bonchev–Trinajstić information content (AvgIpc) is 2.41. The minimum absolute atomic E-state index is 0.154. The van der Waals surface area contributed by atoms with E-state index in [-0.39, 0.29) is 11.3 Å². The third-order valence-electron chi connectivity index (χ3n) is 2.55. The van der Waals surface area contributed by atoms with Gasteiger partial charge in [0.25, 0.3) is 11.6 Å². The van der Waals surface area contributed by atoms with Gasteiger partial charge in [-0.1, -0.05) is 19.1 Å². The van der Waals surface area contributed by atoms with Crippen molar-refractivity contribution in [1.82, 2.24) is 5.32 Å². The molecule has 108 valence electrons. The molecule has 0 aromatic heterocycles. The first-order valence-corrected chi connectivity index (χ1v) is 6.15. The summed E-state index contributed by atoms with van der Waals surface area (Å²) in [7, 11) is 0. The number of ether oxygens (including phenoxy) is 1. The van der Waals surface area contributed by atoms with Gasteiger partial charge in [0.05, 0.1) is 4.92 Å². The number of amides is 1. The molecule has 0 radical (unpaired) electrons. The number of carbonyl (C=O) groups excluding carboxylic acids is 2. The molecule has 0 aliphatic rings. The molecule has 7 heteroatoms. The highest BCUT2D eigenvalue weighted by atomic mass is 16.6. The molecule has 0 atom stereocenters. The van der Waals surface area contributed by atoms with Crippen molar-refractivity contribution in [1.29, 1.82) is 0 Å². The lowest BCUT2D eigenvalue weighted by atomic mass is 10.1. The molecule has 0 aliphatic heterocycles. The molecule has 0 saturated heterocycles. The highest BCUT2D eigenvalue weighted by Crippen LogP contribution is 2.23. The molecule has 1 amide bonds. The Balaban J connectivity index is 2.76. The number of rotatable bonds is 6. The third-order valence-corrected chi connectivity index (χ3v) is 2.55. The van der Waals surface area contributed by atoms with Crippen LogP contribution in [0.5, 0.6) is 0 Å². The minimum atomic E-state index is -0.882. The van der Waals surface area contributed by atoms with Crippen LogP contribution in [-0.2, 0) is 9.53 Å². The lowest BCUT2D eigenvalue weighted by Gasteiger charge is -2.07. The quantitative estimate of drug-likeness (QED) is 0.484. The smallest absolute Gasteiger partial charge is 0.345 e. The molecular formula is C13H16N2O5. The lowest BCUT2D eigenvalue weighted by Crippen LogP contribution is -2.29. The number of nitro benzene ring substituents is 1. The number of para-hydroxylation sites is 1. The highest BCUT2D eigenvalue weighted by molar-refractivity contribution is 5.95. The van der Waals surface area contributed by atoms with Crippen molar-refractivity contribution >= 4 is 17.6 Å². The summed E-state index contributed by atoms with van der Waals surface area (Å²) in [4.78, 5) is 33.4. The number of nitrogens with zero attached hydrogens (tertiary/aromatic N) is 1. The van der Waals surface area contributed by atoms with E-state index in [1.807, 2.05) is 6.92 Å². The van der Waals surface area contributed by atoms with Gasteiger partial charge in [0.1, 0.15) is 5.56 Å². The maximum absolute atomic E-state index is 11.8. The molecule has 0 bridgehead atoms. The van der Waals surface area contributed by atoms with Gasteiger partial charge in [0, 0.05) is 12.1 Å². The second-order valence-electron chi connectivity index (χ2n) is 4.15. The van der Waals surface area contributed by atoms with Crippen LogP contribution >= 0.6 is 0 Å². The molecule has 0 saturated carbocycles. The Kier molecular flexibility index (Phi) is 5.64. The van der Waals surface area contributed by atoms with Crippen molar-refractivity contribution in [2.75, 3.05) is 13.2 Å². The first-order valence-electron chi connectivity index (χ1n) is 6.15. The van der Waals surface area contributed by atoms with E-state index in [4.69, 9.17) is 4.74 Å². The molecule has 1 rings (SSSR count). The summed E-state index contributed by atoms with van der Waals surface area (Å²) in [6.07, 6.45) is 0.767. The highest BCUT2D eigenvalue weighted by Gasteiger charge is 2.23. The molecule has 0 fully saturated rings. The van der Waals surface area contributed by atoms with E-state index in [2.05, 4.69) is 5.32 Å². The van der Waals surface area contributed by atoms with E-state index in [1.165, 1.54) is 25.1 Å². The maximum Gasteiger partial charge on any atom is 0.345 e. The standard InChI is InChI=1S/C13H16N2O5/c1-3-7-14-11(16)8-20-13(17)10-6-4-5-9(2)12(10)15(18)19/h4-6H,3,7-8H2,1-2H3,(H,14,16). The molecule has 0 aliphatic carbocycles. The first kappa shape index (κ1) is 15.6. The van der Waals surface area contributed by atoms with Crippen molar-refractivity contribution in [2.24, 2.45) is 0 Å². The summed E-state index contributed by atoms with van der Waals surface area (Å²) >= 11 is 0. The Hall–Kier alpha value is -2.44. The van der Waals surface area contributed by atoms with Gasteiger partial charge in [0.15, 0.2) is 6.61 Å². The molecule has 0 unspecified atom stereocenters. The van der Waals surface area contributed by atoms with E-state index in [0.29, 0.717) is 12.1 Å². The fraction of sp³-hybridized carbons (Fsp3) is 0.385. The molecule has 0 heterocycles. The van der Waals surface area contributed by atoms with Gasteiger partial charge in [0.2, 0.25) is 0 Å². The Morgan fingerprint density at radius 3 is 2.70 bits per heavy atom. The van der Waals surface area contributed by atoms with Crippen molar-refractivity contribution in [3.05, 3.63) is 39.4 Å². The molecule has 20 heavy (non-hydrogen) atoms. The first-order chi connectivity index (χ1) is 9.47. The number of nitrogens with one attached hydrogen (secondary N) is 1. The van der Waals surface area contributed by atoms with Crippen LogP contribution in [0, 0.1) is 17.0 Å². The summed E-state index contributed by atoms with van der Waals surface area (Å²) in [5.41, 5.74) is -0.0929. The summed E-state index contributed by atoms with van der Waals surface area (Å²) in [6, 6.07) is 4.36. The number of aryl methyl sites for hydroxylation is 1. The fourth-order valence-corrected chi connectivity index (χ4v) is 1.59. The maximum atomic E-state index is 11.8. The molecule has 1 N–H and O–H groups in total. The minimum Gasteiger partial charge on any atom is -0.452 e. The van der Waals surface area contributed by atoms with Gasteiger partial charge < -0.3 is 10.1 Å². The largest absolute Gasteiger partial charge is 0.452 e. The van der Waals surface area contributed by atoms with Gasteiger partial charge in [-0.05, 0) is 19.4 Å². The molecule has 1 aromatic rings. The second-order valence-corrected chi connectivity index (χ2v) is 4.15. The van der Waals surface area contributed by atoms with Crippen LogP contribution in [0.1, 0.15) is 29.3 Å². The fourth-order valence-electron chi connectivity index (χ4n) is 1.59. The third kappa shape index (κ3) is 4.04. The molecule has 0 spiro atoms. The van der Waals surface area contributed by atoms with Crippen molar-refractivity contribution in [3.8, 4) is 0 Å². The Morgan fingerprint density at radius 2 is 2.10 bits per heavy atom. The predicted octanol–water partition coefficient (Wildman–Crippen LogP) is 1.59. The zero-order valence-electron chi connectivity index (χ0n) is 11.3. The Labute approximate surface area is 116 Å². The van der Waals surface area contributed by atoms with Crippen molar-refractivity contribution in [3.63, 3.8) is 0 Å². The molecule has 1 aromatic carbocycles. The molecular weight excluding hydrogens is 264 g/mol. The van der Waals surface area contributed by atoms with Gasteiger partial charge >= 0.3 is 5.97 Å². The van der Waals surface area contributed by atoms with Crippen molar-refractivity contribution < 1.29 is 19.2 Å². The van der Waals surface area contributed by atoms with Crippen LogP contribution < -0.4 is 5.32 Å². The number of hydrogen-bond acceptors (Lipinski definition) is 5. The zero-order valence-corrected chi connectivity index (χ0v) is 11.3. The predicted molar refractivity (Wildman–Crippen MR) is 71.4 cm³/mol. The van der Waals surface area contributed by atoms with Crippen LogP contribution in [0.25, 0.3) is 0 Å². The lowest BCUT2D eigenvalue weighted by molar-refractivity contribution is -0.385. The number of esters is 1. The van der Waals surface area contributed by atoms with E-state index in [9.17, 15) is 19.7 Å². The van der Waals surface area contributed by atoms with E-state index in [1.54, 1.807) is 0 Å². The number of benzene rings is 1. The summed E-state index contributed by atoms with van der Waals surface area (Å²) in [5, 5.41) is 13.5. The van der Waals surface area contributed by atoms with Crippen LogP contribution in [0.15, 0.2) is 18.2 Å². The Morgan fingerprint density at radius 1 is 1.40 bits per heavy atom.